The van der Waals surface area contributed by atoms with Gasteiger partial charge in [-0.1, -0.05) is 23.2 Å². The maximum atomic E-state index is 6.01. The third kappa shape index (κ3) is 2.97. The van der Waals surface area contributed by atoms with Crippen molar-refractivity contribution >= 4 is 41.5 Å². The Bertz CT molecular complexity index is 291. The van der Waals surface area contributed by atoms with Crippen molar-refractivity contribution in [2.24, 2.45) is 0 Å². The number of halogens is 2. The van der Waals surface area contributed by atoms with Gasteiger partial charge in [0.1, 0.15) is 0 Å². The molecule has 0 bridgehead atoms. The fraction of sp³-hybridized carbons (Fsp3) is 0.333. The predicted octanol–water partition coefficient (Wildman–Crippen LogP) is 3.36. The van der Waals surface area contributed by atoms with E-state index < -0.39 is 0 Å². The molecule has 0 fully saturated rings. The molecule has 13 heavy (non-hydrogen) atoms. The smallest absolute Gasteiger partial charge is 0.0654 e. The number of anilines is 1. The number of thiol groups is 1. The molecule has 0 aromatic heterocycles. The Balaban J connectivity index is 2.88. The van der Waals surface area contributed by atoms with Crippen molar-refractivity contribution in [3.63, 3.8) is 0 Å². The van der Waals surface area contributed by atoms with Gasteiger partial charge in [0.05, 0.1) is 10.7 Å². The lowest BCUT2D eigenvalue weighted by Gasteiger charge is -2.19. The van der Waals surface area contributed by atoms with E-state index in [0.29, 0.717) is 10.0 Å². The zero-order valence-electron chi connectivity index (χ0n) is 7.30. The van der Waals surface area contributed by atoms with E-state index in [1.807, 2.05) is 24.1 Å². The first-order chi connectivity index (χ1) is 6.15. The first-order valence-electron chi connectivity index (χ1n) is 3.92. The van der Waals surface area contributed by atoms with E-state index in [0.717, 1.165) is 18.0 Å². The minimum Gasteiger partial charge on any atom is -0.373 e. The van der Waals surface area contributed by atoms with Gasteiger partial charge < -0.3 is 4.90 Å². The second kappa shape index (κ2) is 4.99. The van der Waals surface area contributed by atoms with E-state index in [9.17, 15) is 0 Å². The summed E-state index contributed by atoms with van der Waals surface area (Å²) in [6, 6.07) is 5.49. The summed E-state index contributed by atoms with van der Waals surface area (Å²) in [4.78, 5) is 2.05. The molecule has 72 valence electrons. The largest absolute Gasteiger partial charge is 0.373 e. The Kier molecular flexibility index (Phi) is 4.23. The molecule has 0 heterocycles. The first-order valence-corrected chi connectivity index (χ1v) is 5.31. The summed E-state index contributed by atoms with van der Waals surface area (Å²) in [6.45, 7) is 0.866. The Morgan fingerprint density at radius 3 is 2.62 bits per heavy atom. The topological polar surface area (TPSA) is 3.24 Å². The molecule has 0 aliphatic heterocycles. The molecule has 4 heteroatoms. The van der Waals surface area contributed by atoms with E-state index in [-0.39, 0.29) is 0 Å². The summed E-state index contributed by atoms with van der Waals surface area (Å²) < 4.78 is 0. The Morgan fingerprint density at radius 1 is 1.38 bits per heavy atom. The molecule has 0 radical (unpaired) electrons. The van der Waals surface area contributed by atoms with Gasteiger partial charge in [-0.2, -0.15) is 12.6 Å². The van der Waals surface area contributed by atoms with Gasteiger partial charge in [0.2, 0.25) is 0 Å². The second-order valence-electron chi connectivity index (χ2n) is 2.74. The number of benzene rings is 1. The van der Waals surface area contributed by atoms with Crippen molar-refractivity contribution in [1.82, 2.24) is 0 Å². The second-order valence-corrected chi connectivity index (χ2v) is 4.03. The third-order valence-corrected chi connectivity index (χ3v) is 2.49. The normalized spacial score (nSPS) is 10.2. The Hall–Kier alpha value is -0.0500. The molecule has 0 N–H and O–H groups in total. The number of hydrogen-bond acceptors (Lipinski definition) is 2. The molecule has 0 saturated heterocycles. The van der Waals surface area contributed by atoms with Crippen molar-refractivity contribution < 1.29 is 0 Å². The first kappa shape index (κ1) is 11.0. The van der Waals surface area contributed by atoms with Crippen molar-refractivity contribution in [2.45, 2.75) is 0 Å². The predicted molar refractivity (Wildman–Crippen MR) is 63.6 cm³/mol. The van der Waals surface area contributed by atoms with Crippen molar-refractivity contribution in [3.05, 3.63) is 28.2 Å². The standard InChI is InChI=1S/C9H11Cl2NS/c1-12(4-5-13)9-3-2-7(10)6-8(9)11/h2-3,6,13H,4-5H2,1H3. The molecule has 1 rings (SSSR count). The SMILES string of the molecule is CN(CCS)c1ccc(Cl)cc1Cl. The van der Waals surface area contributed by atoms with Gasteiger partial charge >= 0.3 is 0 Å². The van der Waals surface area contributed by atoms with Crippen LogP contribution in [0.3, 0.4) is 0 Å². The quantitative estimate of drug-likeness (QED) is 0.787. The van der Waals surface area contributed by atoms with Gasteiger partial charge in [-0.15, -0.1) is 0 Å². The summed E-state index contributed by atoms with van der Waals surface area (Å²) in [6.07, 6.45) is 0. The van der Waals surface area contributed by atoms with E-state index in [1.54, 1.807) is 6.07 Å². The van der Waals surface area contributed by atoms with Crippen LogP contribution < -0.4 is 4.90 Å². The van der Waals surface area contributed by atoms with Crippen LogP contribution >= 0.6 is 35.8 Å². The highest BCUT2D eigenvalue weighted by Gasteiger charge is 2.04. The average molecular weight is 236 g/mol. The molecule has 1 nitrogen and oxygen atoms in total. The van der Waals surface area contributed by atoms with Crippen LogP contribution in [0.2, 0.25) is 10.0 Å². The lowest BCUT2D eigenvalue weighted by molar-refractivity contribution is 0.980. The molecule has 0 amide bonds. The highest BCUT2D eigenvalue weighted by atomic mass is 35.5. The molecule has 0 saturated carbocycles. The molecule has 0 spiro atoms. The van der Waals surface area contributed by atoms with Crippen molar-refractivity contribution in [2.75, 3.05) is 24.2 Å². The minimum atomic E-state index is 0.660. The van der Waals surface area contributed by atoms with Gasteiger partial charge in [-0.05, 0) is 18.2 Å². The maximum Gasteiger partial charge on any atom is 0.0654 e. The van der Waals surface area contributed by atoms with Crippen molar-refractivity contribution in [1.29, 1.82) is 0 Å². The van der Waals surface area contributed by atoms with Crippen LogP contribution in [-0.2, 0) is 0 Å². The fourth-order valence-electron chi connectivity index (χ4n) is 1.06. The Labute approximate surface area is 94.0 Å². The zero-order valence-corrected chi connectivity index (χ0v) is 9.70. The van der Waals surface area contributed by atoms with Gasteiger partial charge in [0.25, 0.3) is 0 Å². The van der Waals surface area contributed by atoms with Crippen LogP contribution in [0.25, 0.3) is 0 Å². The summed E-state index contributed by atoms with van der Waals surface area (Å²) in [5.41, 5.74) is 0.986. The van der Waals surface area contributed by atoms with Gasteiger partial charge in [-0.25, -0.2) is 0 Å². The van der Waals surface area contributed by atoms with E-state index >= 15 is 0 Å². The monoisotopic (exact) mass is 235 g/mol. The Morgan fingerprint density at radius 2 is 2.08 bits per heavy atom. The number of hydrogen-bond donors (Lipinski definition) is 1. The van der Waals surface area contributed by atoms with Crippen LogP contribution in [0.4, 0.5) is 5.69 Å². The molecule has 0 aliphatic rings. The van der Waals surface area contributed by atoms with Crippen LogP contribution in [0.1, 0.15) is 0 Å². The summed E-state index contributed by atoms with van der Waals surface area (Å²) in [5.74, 6) is 0.801. The number of nitrogens with zero attached hydrogens (tertiary/aromatic N) is 1. The molecule has 1 aromatic carbocycles. The van der Waals surface area contributed by atoms with Crippen LogP contribution in [-0.4, -0.2) is 19.3 Å². The van der Waals surface area contributed by atoms with Gasteiger partial charge in [0.15, 0.2) is 0 Å². The van der Waals surface area contributed by atoms with Crippen LogP contribution in [0, 0.1) is 0 Å². The molecule has 0 atom stereocenters. The van der Waals surface area contributed by atoms with Crippen LogP contribution in [0.15, 0.2) is 18.2 Å². The van der Waals surface area contributed by atoms with E-state index in [1.165, 1.54) is 0 Å². The lowest BCUT2D eigenvalue weighted by Crippen LogP contribution is -2.19. The fourth-order valence-corrected chi connectivity index (χ4v) is 1.91. The number of rotatable bonds is 3. The average Bonchev–Trinajstić information content (AvgIpc) is 2.04. The van der Waals surface area contributed by atoms with E-state index in [2.05, 4.69) is 12.6 Å². The summed E-state index contributed by atoms with van der Waals surface area (Å²) in [7, 11) is 1.98. The maximum absolute atomic E-state index is 6.01. The van der Waals surface area contributed by atoms with Crippen molar-refractivity contribution in [3.8, 4) is 0 Å². The third-order valence-electron chi connectivity index (χ3n) is 1.76. The van der Waals surface area contributed by atoms with Gasteiger partial charge in [-0.3, -0.25) is 0 Å². The molecular weight excluding hydrogens is 225 g/mol. The molecule has 0 aliphatic carbocycles. The highest BCUT2D eigenvalue weighted by Crippen LogP contribution is 2.27. The zero-order chi connectivity index (χ0) is 9.84. The summed E-state index contributed by atoms with van der Waals surface area (Å²) >= 11 is 15.9. The van der Waals surface area contributed by atoms with E-state index in [4.69, 9.17) is 23.2 Å². The molecule has 0 unspecified atom stereocenters. The highest BCUT2D eigenvalue weighted by molar-refractivity contribution is 7.80. The lowest BCUT2D eigenvalue weighted by atomic mass is 10.3. The summed E-state index contributed by atoms with van der Waals surface area (Å²) in [5, 5.41) is 1.34. The minimum absolute atomic E-state index is 0.660. The van der Waals surface area contributed by atoms with Gasteiger partial charge in [0, 0.05) is 24.4 Å². The molecular formula is C9H11Cl2NS. The molecule has 1 aromatic rings. The van der Waals surface area contributed by atoms with Crippen LogP contribution in [0.5, 0.6) is 0 Å².